The third kappa shape index (κ3) is 3.65. The summed E-state index contributed by atoms with van der Waals surface area (Å²) < 4.78 is 40.6. The molecule has 0 radical (unpaired) electrons. The average molecular weight is 226 g/mol. The van der Waals surface area contributed by atoms with E-state index in [0.717, 1.165) is 6.42 Å². The molecule has 1 fully saturated rings. The summed E-state index contributed by atoms with van der Waals surface area (Å²) in [6.45, 7) is 3.43. The molecule has 1 N–H and O–H groups in total. The summed E-state index contributed by atoms with van der Waals surface area (Å²) in [5, 5.41) is 9.74. The SMILES string of the molecule is CC1(C)CCC(OCCC(F)(F)F)C1O. The highest BCUT2D eigenvalue weighted by Crippen LogP contribution is 2.39. The Bertz CT molecular complexity index is 213. The number of aliphatic hydroxyl groups excluding tert-OH is 1. The molecule has 2 unspecified atom stereocenters. The summed E-state index contributed by atoms with van der Waals surface area (Å²) in [6.07, 6.45) is -4.82. The molecule has 0 aromatic rings. The van der Waals surface area contributed by atoms with E-state index in [-0.39, 0.29) is 12.0 Å². The van der Waals surface area contributed by atoms with Gasteiger partial charge >= 0.3 is 6.18 Å². The summed E-state index contributed by atoms with van der Waals surface area (Å²) in [6, 6.07) is 0. The lowest BCUT2D eigenvalue weighted by molar-refractivity contribution is -0.154. The predicted octanol–water partition coefficient (Wildman–Crippen LogP) is 2.50. The average Bonchev–Trinajstić information content (AvgIpc) is 2.29. The maximum absolute atomic E-state index is 11.8. The van der Waals surface area contributed by atoms with E-state index < -0.39 is 24.8 Å². The second-order valence-corrected chi connectivity index (χ2v) is 4.75. The number of aliphatic hydroxyl groups is 1. The predicted molar refractivity (Wildman–Crippen MR) is 49.4 cm³/mol. The molecule has 90 valence electrons. The van der Waals surface area contributed by atoms with Gasteiger partial charge in [0.15, 0.2) is 0 Å². The number of alkyl halides is 3. The minimum absolute atomic E-state index is 0.247. The summed E-state index contributed by atoms with van der Waals surface area (Å²) >= 11 is 0. The van der Waals surface area contributed by atoms with Gasteiger partial charge in [0.1, 0.15) is 0 Å². The van der Waals surface area contributed by atoms with Crippen LogP contribution in [0.2, 0.25) is 0 Å². The highest BCUT2D eigenvalue weighted by atomic mass is 19.4. The molecule has 0 aromatic carbocycles. The molecular formula is C10H17F3O2. The van der Waals surface area contributed by atoms with Gasteiger partial charge in [-0.15, -0.1) is 0 Å². The van der Waals surface area contributed by atoms with E-state index in [9.17, 15) is 18.3 Å². The normalized spacial score (nSPS) is 30.8. The van der Waals surface area contributed by atoms with Crippen LogP contribution in [0, 0.1) is 5.41 Å². The van der Waals surface area contributed by atoms with Crippen LogP contribution in [0.3, 0.4) is 0 Å². The first-order valence-corrected chi connectivity index (χ1v) is 5.09. The second kappa shape index (κ2) is 4.29. The molecule has 0 bridgehead atoms. The molecule has 1 aliphatic rings. The number of hydrogen-bond donors (Lipinski definition) is 1. The van der Waals surface area contributed by atoms with Gasteiger partial charge in [0, 0.05) is 0 Å². The zero-order valence-electron chi connectivity index (χ0n) is 8.97. The van der Waals surface area contributed by atoms with Crippen molar-refractivity contribution >= 4 is 0 Å². The van der Waals surface area contributed by atoms with E-state index in [2.05, 4.69) is 0 Å². The van der Waals surface area contributed by atoms with Crippen LogP contribution in [-0.4, -0.2) is 30.1 Å². The lowest BCUT2D eigenvalue weighted by Crippen LogP contribution is -2.33. The van der Waals surface area contributed by atoms with E-state index in [4.69, 9.17) is 4.74 Å². The molecule has 0 amide bonds. The van der Waals surface area contributed by atoms with Crippen LogP contribution in [0.5, 0.6) is 0 Å². The molecule has 0 heterocycles. The first-order valence-electron chi connectivity index (χ1n) is 5.09. The van der Waals surface area contributed by atoms with Gasteiger partial charge in [-0.3, -0.25) is 0 Å². The summed E-state index contributed by atoms with van der Waals surface area (Å²) in [5.41, 5.74) is -0.247. The van der Waals surface area contributed by atoms with Crippen molar-refractivity contribution in [3.63, 3.8) is 0 Å². The second-order valence-electron chi connectivity index (χ2n) is 4.75. The van der Waals surface area contributed by atoms with E-state index in [0.29, 0.717) is 6.42 Å². The summed E-state index contributed by atoms with van der Waals surface area (Å²) in [7, 11) is 0. The molecule has 2 nitrogen and oxygen atoms in total. The lowest BCUT2D eigenvalue weighted by atomic mass is 9.89. The smallest absolute Gasteiger partial charge is 0.390 e. The number of hydrogen-bond acceptors (Lipinski definition) is 2. The zero-order valence-corrected chi connectivity index (χ0v) is 8.97. The Morgan fingerprint density at radius 1 is 1.40 bits per heavy atom. The summed E-state index contributed by atoms with van der Waals surface area (Å²) in [4.78, 5) is 0. The van der Waals surface area contributed by atoms with Gasteiger partial charge in [-0.25, -0.2) is 0 Å². The molecular weight excluding hydrogens is 209 g/mol. The number of ether oxygens (including phenoxy) is 1. The van der Waals surface area contributed by atoms with Crippen molar-refractivity contribution in [2.24, 2.45) is 5.41 Å². The van der Waals surface area contributed by atoms with Crippen molar-refractivity contribution in [2.75, 3.05) is 6.61 Å². The van der Waals surface area contributed by atoms with Gasteiger partial charge in [-0.05, 0) is 18.3 Å². The van der Waals surface area contributed by atoms with Gasteiger partial charge in [0.05, 0.1) is 25.2 Å². The van der Waals surface area contributed by atoms with E-state index in [1.165, 1.54) is 0 Å². The third-order valence-electron chi connectivity index (χ3n) is 2.94. The molecule has 0 aromatic heterocycles. The highest BCUT2D eigenvalue weighted by molar-refractivity contribution is 4.91. The minimum atomic E-state index is -4.18. The first kappa shape index (κ1) is 12.8. The quantitative estimate of drug-likeness (QED) is 0.801. The van der Waals surface area contributed by atoms with Crippen LogP contribution < -0.4 is 0 Å². The van der Waals surface area contributed by atoms with Gasteiger partial charge in [0.25, 0.3) is 0 Å². The van der Waals surface area contributed by atoms with Crippen LogP contribution in [0.25, 0.3) is 0 Å². The van der Waals surface area contributed by atoms with Crippen LogP contribution in [0.1, 0.15) is 33.1 Å². The van der Waals surface area contributed by atoms with Crippen molar-refractivity contribution in [1.82, 2.24) is 0 Å². The molecule has 1 saturated carbocycles. The van der Waals surface area contributed by atoms with E-state index in [1.807, 2.05) is 13.8 Å². The topological polar surface area (TPSA) is 29.5 Å². The molecule has 0 saturated heterocycles. The molecule has 5 heteroatoms. The fraction of sp³-hybridized carbons (Fsp3) is 1.00. The maximum atomic E-state index is 11.8. The van der Waals surface area contributed by atoms with Crippen molar-refractivity contribution in [3.8, 4) is 0 Å². The maximum Gasteiger partial charge on any atom is 0.391 e. The molecule has 2 atom stereocenters. The van der Waals surface area contributed by atoms with E-state index >= 15 is 0 Å². The summed E-state index contributed by atoms with van der Waals surface area (Å²) in [5.74, 6) is 0. The van der Waals surface area contributed by atoms with Crippen LogP contribution in [0.15, 0.2) is 0 Å². The molecule has 1 aliphatic carbocycles. The monoisotopic (exact) mass is 226 g/mol. The van der Waals surface area contributed by atoms with Crippen molar-refractivity contribution in [2.45, 2.75) is 51.5 Å². The Labute approximate surface area is 87.4 Å². The van der Waals surface area contributed by atoms with Crippen LogP contribution in [0.4, 0.5) is 13.2 Å². The van der Waals surface area contributed by atoms with Crippen LogP contribution >= 0.6 is 0 Å². The molecule has 1 rings (SSSR count). The highest BCUT2D eigenvalue weighted by Gasteiger charge is 2.41. The van der Waals surface area contributed by atoms with Crippen molar-refractivity contribution in [1.29, 1.82) is 0 Å². The van der Waals surface area contributed by atoms with Crippen molar-refractivity contribution < 1.29 is 23.0 Å². The first-order chi connectivity index (χ1) is 6.72. The minimum Gasteiger partial charge on any atom is -0.390 e. The zero-order chi connectivity index (χ0) is 11.7. The Hall–Kier alpha value is -0.290. The Morgan fingerprint density at radius 2 is 2.00 bits per heavy atom. The van der Waals surface area contributed by atoms with Gasteiger partial charge in [0.2, 0.25) is 0 Å². The van der Waals surface area contributed by atoms with Crippen molar-refractivity contribution in [3.05, 3.63) is 0 Å². The lowest BCUT2D eigenvalue weighted by Gasteiger charge is -2.25. The Balaban J connectivity index is 2.30. The standard InChI is InChI=1S/C10H17F3O2/c1-9(2)4-3-7(8(9)14)15-6-5-10(11,12)13/h7-8,14H,3-6H2,1-2H3. The third-order valence-corrected chi connectivity index (χ3v) is 2.94. The van der Waals surface area contributed by atoms with Crippen LogP contribution in [-0.2, 0) is 4.74 Å². The fourth-order valence-electron chi connectivity index (χ4n) is 1.82. The Kier molecular flexibility index (Phi) is 3.66. The molecule has 0 aliphatic heterocycles. The van der Waals surface area contributed by atoms with E-state index in [1.54, 1.807) is 0 Å². The number of halogens is 3. The number of rotatable bonds is 3. The molecule has 0 spiro atoms. The Morgan fingerprint density at radius 3 is 2.40 bits per heavy atom. The van der Waals surface area contributed by atoms with Gasteiger partial charge in [-0.1, -0.05) is 13.8 Å². The van der Waals surface area contributed by atoms with Gasteiger partial charge in [-0.2, -0.15) is 13.2 Å². The van der Waals surface area contributed by atoms with Gasteiger partial charge < -0.3 is 9.84 Å². The molecule has 15 heavy (non-hydrogen) atoms. The largest absolute Gasteiger partial charge is 0.391 e. The fourth-order valence-corrected chi connectivity index (χ4v) is 1.82.